The number of hydrogen-bond donors (Lipinski definition) is 1. The second kappa shape index (κ2) is 5.91. The third-order valence-corrected chi connectivity index (χ3v) is 2.26. The van der Waals surface area contributed by atoms with Crippen LogP contribution in [0.1, 0.15) is 31.4 Å². The third-order valence-electron chi connectivity index (χ3n) is 2.26. The van der Waals surface area contributed by atoms with Crippen molar-refractivity contribution in [3.8, 4) is 5.75 Å². The predicted octanol–water partition coefficient (Wildman–Crippen LogP) is 3.43. The van der Waals surface area contributed by atoms with Gasteiger partial charge in [0.15, 0.2) is 0 Å². The first-order chi connectivity index (χ1) is 7.88. The van der Waals surface area contributed by atoms with Crippen LogP contribution in [0.2, 0.25) is 0 Å². The van der Waals surface area contributed by atoms with Gasteiger partial charge in [-0.25, -0.2) is 0 Å². The van der Waals surface area contributed by atoms with Crippen molar-refractivity contribution in [2.45, 2.75) is 32.0 Å². The van der Waals surface area contributed by atoms with Crippen molar-refractivity contribution < 1.29 is 17.9 Å². The van der Waals surface area contributed by atoms with Crippen molar-refractivity contribution in [2.75, 3.05) is 6.61 Å². The van der Waals surface area contributed by atoms with E-state index in [1.165, 1.54) is 0 Å². The Morgan fingerprint density at radius 3 is 2.65 bits per heavy atom. The van der Waals surface area contributed by atoms with Gasteiger partial charge in [-0.1, -0.05) is 12.1 Å². The maximum Gasteiger partial charge on any atom is 0.389 e. The first-order valence-electron chi connectivity index (χ1n) is 5.43. The highest BCUT2D eigenvalue weighted by Crippen LogP contribution is 2.22. The second-order valence-corrected chi connectivity index (χ2v) is 3.93. The number of rotatable bonds is 5. The minimum Gasteiger partial charge on any atom is -0.494 e. The SMILES string of the molecule is CC(N)c1cccc(OCCCC(F)(F)F)c1. The summed E-state index contributed by atoms with van der Waals surface area (Å²) in [7, 11) is 0. The van der Waals surface area contributed by atoms with E-state index in [4.69, 9.17) is 10.5 Å². The van der Waals surface area contributed by atoms with Crippen molar-refractivity contribution in [3.63, 3.8) is 0 Å². The van der Waals surface area contributed by atoms with Crippen molar-refractivity contribution in [1.29, 1.82) is 0 Å². The van der Waals surface area contributed by atoms with E-state index in [-0.39, 0.29) is 19.1 Å². The predicted molar refractivity (Wildman–Crippen MR) is 59.8 cm³/mol. The summed E-state index contributed by atoms with van der Waals surface area (Å²) in [5, 5.41) is 0. The molecule has 0 aliphatic rings. The molecule has 0 radical (unpaired) electrons. The lowest BCUT2D eigenvalue weighted by Crippen LogP contribution is -2.10. The van der Waals surface area contributed by atoms with Gasteiger partial charge in [0.25, 0.3) is 0 Å². The monoisotopic (exact) mass is 247 g/mol. The molecule has 1 atom stereocenters. The molecule has 96 valence electrons. The summed E-state index contributed by atoms with van der Waals surface area (Å²) in [6.07, 6.45) is -4.97. The van der Waals surface area contributed by atoms with Crippen LogP contribution in [-0.2, 0) is 0 Å². The van der Waals surface area contributed by atoms with E-state index in [1.54, 1.807) is 18.2 Å². The number of alkyl halides is 3. The van der Waals surface area contributed by atoms with Crippen molar-refractivity contribution in [3.05, 3.63) is 29.8 Å². The number of halogens is 3. The van der Waals surface area contributed by atoms with Gasteiger partial charge in [-0.2, -0.15) is 13.2 Å². The summed E-state index contributed by atoms with van der Waals surface area (Å²) < 4.78 is 40.9. The van der Waals surface area contributed by atoms with Crippen LogP contribution in [0.4, 0.5) is 13.2 Å². The Morgan fingerprint density at radius 2 is 2.06 bits per heavy atom. The van der Waals surface area contributed by atoms with Gasteiger partial charge < -0.3 is 10.5 Å². The van der Waals surface area contributed by atoms with Crippen LogP contribution in [0.3, 0.4) is 0 Å². The van der Waals surface area contributed by atoms with Crippen LogP contribution in [0.5, 0.6) is 5.75 Å². The molecule has 0 spiro atoms. The zero-order valence-corrected chi connectivity index (χ0v) is 9.63. The topological polar surface area (TPSA) is 35.2 Å². The van der Waals surface area contributed by atoms with Gasteiger partial charge >= 0.3 is 6.18 Å². The molecule has 0 saturated heterocycles. The van der Waals surface area contributed by atoms with Gasteiger partial charge in [-0.3, -0.25) is 0 Å². The van der Waals surface area contributed by atoms with E-state index in [0.717, 1.165) is 5.56 Å². The van der Waals surface area contributed by atoms with E-state index in [2.05, 4.69) is 0 Å². The summed E-state index contributed by atoms with van der Waals surface area (Å²) in [5.74, 6) is 0.557. The highest BCUT2D eigenvalue weighted by Gasteiger charge is 2.26. The van der Waals surface area contributed by atoms with Crippen molar-refractivity contribution in [2.24, 2.45) is 5.73 Å². The fraction of sp³-hybridized carbons (Fsp3) is 0.500. The first-order valence-corrected chi connectivity index (χ1v) is 5.43. The Morgan fingerprint density at radius 1 is 1.35 bits per heavy atom. The van der Waals surface area contributed by atoms with Crippen LogP contribution < -0.4 is 10.5 Å². The van der Waals surface area contributed by atoms with E-state index < -0.39 is 12.6 Å². The van der Waals surface area contributed by atoms with Gasteiger partial charge in [-0.05, 0) is 31.0 Å². The summed E-state index contributed by atoms with van der Waals surface area (Å²) in [5.41, 5.74) is 6.59. The number of ether oxygens (including phenoxy) is 1. The van der Waals surface area contributed by atoms with Crippen LogP contribution in [0.15, 0.2) is 24.3 Å². The normalized spacial score (nSPS) is 13.5. The lowest BCUT2D eigenvalue weighted by Gasteiger charge is -2.10. The zero-order valence-electron chi connectivity index (χ0n) is 9.63. The van der Waals surface area contributed by atoms with E-state index in [1.807, 2.05) is 13.0 Å². The van der Waals surface area contributed by atoms with E-state index >= 15 is 0 Å². The molecule has 1 aromatic rings. The first kappa shape index (κ1) is 13.8. The molecule has 0 amide bonds. The molecule has 0 bridgehead atoms. The molecule has 0 fully saturated rings. The van der Waals surface area contributed by atoms with Crippen LogP contribution >= 0.6 is 0 Å². The molecule has 5 heteroatoms. The maximum atomic E-state index is 11.9. The van der Waals surface area contributed by atoms with Gasteiger partial charge in [0.05, 0.1) is 6.61 Å². The molecule has 0 saturated carbocycles. The largest absolute Gasteiger partial charge is 0.494 e. The molecule has 2 nitrogen and oxygen atoms in total. The van der Waals surface area contributed by atoms with Crippen molar-refractivity contribution in [1.82, 2.24) is 0 Å². The summed E-state index contributed by atoms with van der Waals surface area (Å²) in [6.45, 7) is 1.89. The van der Waals surface area contributed by atoms with Crippen LogP contribution in [-0.4, -0.2) is 12.8 Å². The summed E-state index contributed by atoms with van der Waals surface area (Å²) in [4.78, 5) is 0. The minimum absolute atomic E-state index is 0.0358. The van der Waals surface area contributed by atoms with Crippen LogP contribution in [0.25, 0.3) is 0 Å². The highest BCUT2D eigenvalue weighted by atomic mass is 19.4. The molecule has 0 aliphatic carbocycles. The zero-order chi connectivity index (χ0) is 12.9. The van der Waals surface area contributed by atoms with Gasteiger partial charge in [-0.15, -0.1) is 0 Å². The molecule has 2 N–H and O–H groups in total. The Balaban J connectivity index is 2.39. The molecule has 1 unspecified atom stereocenters. The molecular weight excluding hydrogens is 231 g/mol. The van der Waals surface area contributed by atoms with E-state index in [0.29, 0.717) is 5.75 Å². The average molecular weight is 247 g/mol. The van der Waals surface area contributed by atoms with Crippen LogP contribution in [0, 0.1) is 0 Å². The molecule has 0 aliphatic heterocycles. The fourth-order valence-electron chi connectivity index (χ4n) is 1.35. The average Bonchev–Trinajstić information content (AvgIpc) is 2.23. The second-order valence-electron chi connectivity index (χ2n) is 3.93. The Hall–Kier alpha value is -1.23. The van der Waals surface area contributed by atoms with Gasteiger partial charge in [0, 0.05) is 12.5 Å². The van der Waals surface area contributed by atoms with Gasteiger partial charge in [0.1, 0.15) is 5.75 Å². The molecule has 0 aromatic heterocycles. The lowest BCUT2D eigenvalue weighted by atomic mass is 10.1. The number of nitrogens with two attached hydrogens (primary N) is 1. The minimum atomic E-state index is -4.11. The molecule has 0 heterocycles. The number of hydrogen-bond acceptors (Lipinski definition) is 2. The lowest BCUT2D eigenvalue weighted by molar-refractivity contribution is -0.136. The fourth-order valence-corrected chi connectivity index (χ4v) is 1.35. The Bertz CT molecular complexity index is 350. The molecule has 1 rings (SSSR count). The van der Waals surface area contributed by atoms with Crippen molar-refractivity contribution >= 4 is 0 Å². The highest BCUT2D eigenvalue weighted by molar-refractivity contribution is 5.30. The van der Waals surface area contributed by atoms with Gasteiger partial charge in [0.2, 0.25) is 0 Å². The Kier molecular flexibility index (Phi) is 4.81. The standard InChI is InChI=1S/C12H16F3NO/c1-9(16)10-4-2-5-11(8-10)17-7-3-6-12(13,14)15/h2,4-5,8-9H,3,6-7,16H2,1H3. The summed E-state index contributed by atoms with van der Waals surface area (Å²) >= 11 is 0. The smallest absolute Gasteiger partial charge is 0.389 e. The number of benzene rings is 1. The summed E-state index contributed by atoms with van der Waals surface area (Å²) in [6, 6.07) is 6.97. The maximum absolute atomic E-state index is 11.9. The molecule has 17 heavy (non-hydrogen) atoms. The third kappa shape index (κ3) is 5.58. The quantitative estimate of drug-likeness (QED) is 0.809. The molecular formula is C12H16F3NO. The molecule has 1 aromatic carbocycles. The van der Waals surface area contributed by atoms with E-state index in [9.17, 15) is 13.2 Å². The Labute approximate surface area is 98.6 Å².